The van der Waals surface area contributed by atoms with E-state index in [1.165, 1.54) is 16.9 Å². The molecule has 4 rings (SSSR count). The van der Waals surface area contributed by atoms with Gasteiger partial charge in [0.25, 0.3) is 0 Å². The number of hydrogen-bond donors (Lipinski definition) is 0. The van der Waals surface area contributed by atoms with Crippen molar-refractivity contribution >= 4 is 27.1 Å². The van der Waals surface area contributed by atoms with Gasteiger partial charge >= 0.3 is 0 Å². The van der Waals surface area contributed by atoms with Gasteiger partial charge < -0.3 is 4.74 Å². The molecule has 0 aliphatic carbocycles. The summed E-state index contributed by atoms with van der Waals surface area (Å²) in [6.45, 7) is 6.23. The highest BCUT2D eigenvalue weighted by atomic mass is 32.2. The first-order chi connectivity index (χ1) is 12.2. The lowest BCUT2D eigenvalue weighted by atomic mass is 10.1. The first-order valence-corrected chi connectivity index (χ1v) is 10.4. The molecule has 3 heterocycles. The van der Waals surface area contributed by atoms with Crippen LogP contribution >= 0.6 is 11.3 Å². The van der Waals surface area contributed by atoms with Crippen molar-refractivity contribution in [2.45, 2.75) is 11.3 Å². The standard InChI is InChI=1S/C17H20N4O2S2/c1-13-2-4-14(5-3-13)15-12-21-16(18-15)24-17(19-21)25(22)11-8-20-6-9-23-10-7-20/h2-5,12H,6-11H2,1H3. The summed E-state index contributed by atoms with van der Waals surface area (Å²) in [5.41, 5.74) is 3.18. The predicted molar refractivity (Wildman–Crippen MR) is 99.6 cm³/mol. The third kappa shape index (κ3) is 3.82. The maximum Gasteiger partial charge on any atom is 0.213 e. The van der Waals surface area contributed by atoms with Gasteiger partial charge in [0, 0.05) is 31.0 Å². The number of hydrogen-bond acceptors (Lipinski definition) is 6. The van der Waals surface area contributed by atoms with Crippen molar-refractivity contribution in [3.63, 3.8) is 0 Å². The van der Waals surface area contributed by atoms with Crippen LogP contribution in [0.5, 0.6) is 0 Å². The number of imidazole rings is 1. The van der Waals surface area contributed by atoms with Gasteiger partial charge in [-0.05, 0) is 6.92 Å². The second kappa shape index (κ2) is 7.33. The lowest BCUT2D eigenvalue weighted by Gasteiger charge is -2.25. The topological polar surface area (TPSA) is 59.7 Å². The largest absolute Gasteiger partial charge is 0.379 e. The second-order valence-corrected chi connectivity index (χ2v) is 8.79. The smallest absolute Gasteiger partial charge is 0.213 e. The van der Waals surface area contributed by atoms with E-state index in [-0.39, 0.29) is 0 Å². The van der Waals surface area contributed by atoms with Crippen LogP contribution in [-0.2, 0) is 15.5 Å². The summed E-state index contributed by atoms with van der Waals surface area (Å²) in [5, 5.41) is 4.47. The molecule has 1 atom stereocenters. The van der Waals surface area contributed by atoms with E-state index in [2.05, 4.69) is 46.2 Å². The van der Waals surface area contributed by atoms with E-state index in [0.29, 0.717) is 10.1 Å². The zero-order valence-corrected chi connectivity index (χ0v) is 15.7. The van der Waals surface area contributed by atoms with Gasteiger partial charge in [0.1, 0.15) is 0 Å². The molecule has 25 heavy (non-hydrogen) atoms. The molecule has 0 spiro atoms. The molecular formula is C17H20N4O2S2. The minimum Gasteiger partial charge on any atom is -0.379 e. The number of aromatic nitrogens is 3. The van der Waals surface area contributed by atoms with Crippen molar-refractivity contribution in [1.29, 1.82) is 0 Å². The average molecular weight is 377 g/mol. The van der Waals surface area contributed by atoms with Crippen molar-refractivity contribution < 1.29 is 8.95 Å². The van der Waals surface area contributed by atoms with Gasteiger partial charge in [-0.3, -0.25) is 9.11 Å². The Morgan fingerprint density at radius 3 is 2.72 bits per heavy atom. The van der Waals surface area contributed by atoms with Crippen LogP contribution < -0.4 is 0 Å². The minimum atomic E-state index is -1.09. The molecule has 1 aliphatic rings. The second-order valence-electron chi connectivity index (χ2n) is 6.09. The molecule has 1 unspecified atom stereocenters. The van der Waals surface area contributed by atoms with Crippen molar-refractivity contribution in [2.75, 3.05) is 38.6 Å². The molecule has 8 heteroatoms. The predicted octanol–water partition coefficient (Wildman–Crippen LogP) is 2.21. The third-order valence-corrected chi connectivity index (χ3v) is 6.81. The van der Waals surface area contributed by atoms with Gasteiger partial charge in [0.2, 0.25) is 9.30 Å². The Hall–Kier alpha value is -1.61. The maximum atomic E-state index is 12.5. The van der Waals surface area contributed by atoms with E-state index >= 15 is 0 Å². The van der Waals surface area contributed by atoms with Crippen LogP contribution in [0, 0.1) is 6.92 Å². The fourth-order valence-corrected chi connectivity index (χ4v) is 5.00. The first-order valence-electron chi connectivity index (χ1n) is 8.31. The molecule has 0 saturated carbocycles. The Balaban J connectivity index is 1.45. The molecule has 3 aromatic rings. The van der Waals surface area contributed by atoms with Crippen molar-refractivity contribution in [3.05, 3.63) is 36.0 Å². The van der Waals surface area contributed by atoms with Gasteiger partial charge in [-0.15, -0.1) is 5.10 Å². The van der Waals surface area contributed by atoms with E-state index < -0.39 is 10.8 Å². The van der Waals surface area contributed by atoms with Gasteiger partial charge in [-0.2, -0.15) is 0 Å². The zero-order valence-electron chi connectivity index (χ0n) is 14.1. The molecule has 2 aromatic heterocycles. The molecule has 1 aliphatic heterocycles. The number of morpholine rings is 1. The third-order valence-electron chi connectivity index (χ3n) is 4.26. The average Bonchev–Trinajstić information content (AvgIpc) is 3.20. The van der Waals surface area contributed by atoms with Gasteiger partial charge in [-0.25, -0.2) is 9.50 Å². The molecule has 0 N–H and O–H groups in total. The molecule has 132 valence electrons. The minimum absolute atomic E-state index is 0.599. The normalized spacial score (nSPS) is 17.2. The highest BCUT2D eigenvalue weighted by Gasteiger charge is 2.16. The molecule has 6 nitrogen and oxygen atoms in total. The van der Waals surface area contributed by atoms with Crippen LogP contribution in [0.4, 0.5) is 0 Å². The number of ether oxygens (including phenoxy) is 1. The van der Waals surface area contributed by atoms with E-state index in [4.69, 9.17) is 4.74 Å². The quantitative estimate of drug-likeness (QED) is 0.683. The number of fused-ring (bicyclic) bond motifs is 1. The van der Waals surface area contributed by atoms with Crippen LogP contribution in [0.1, 0.15) is 5.56 Å². The highest BCUT2D eigenvalue weighted by Crippen LogP contribution is 2.24. The lowest BCUT2D eigenvalue weighted by molar-refractivity contribution is 0.0409. The van der Waals surface area contributed by atoms with Crippen molar-refractivity contribution in [2.24, 2.45) is 0 Å². The summed E-state index contributed by atoms with van der Waals surface area (Å²) in [6.07, 6.45) is 1.90. The van der Waals surface area contributed by atoms with Crippen LogP contribution in [0.2, 0.25) is 0 Å². The summed E-state index contributed by atoms with van der Waals surface area (Å²) >= 11 is 1.41. The molecule has 0 amide bonds. The Morgan fingerprint density at radius 1 is 1.24 bits per heavy atom. The Bertz CT molecular complexity index is 850. The number of nitrogens with zero attached hydrogens (tertiary/aromatic N) is 4. The fraction of sp³-hybridized carbons (Fsp3) is 0.412. The summed E-state index contributed by atoms with van der Waals surface area (Å²) in [4.78, 5) is 7.69. The molecule has 1 fully saturated rings. The first kappa shape index (κ1) is 16.8. The van der Waals surface area contributed by atoms with E-state index in [9.17, 15) is 4.21 Å². The monoisotopic (exact) mass is 376 g/mol. The van der Waals surface area contributed by atoms with E-state index in [1.807, 2.05) is 6.20 Å². The Labute approximate surface area is 152 Å². The maximum absolute atomic E-state index is 12.5. The Morgan fingerprint density at radius 2 is 2.00 bits per heavy atom. The molecule has 1 saturated heterocycles. The number of rotatable bonds is 5. The van der Waals surface area contributed by atoms with Crippen LogP contribution in [0.25, 0.3) is 16.2 Å². The summed E-state index contributed by atoms with van der Waals surface area (Å²) in [7, 11) is -1.09. The molecular weight excluding hydrogens is 356 g/mol. The highest BCUT2D eigenvalue weighted by molar-refractivity contribution is 7.87. The van der Waals surface area contributed by atoms with Crippen LogP contribution in [0.15, 0.2) is 34.8 Å². The Kier molecular flexibility index (Phi) is 4.93. The fourth-order valence-electron chi connectivity index (χ4n) is 2.76. The molecule has 0 radical (unpaired) electrons. The summed E-state index contributed by atoms with van der Waals surface area (Å²) < 4.78 is 20.2. The number of aryl methyl sites for hydroxylation is 1. The number of benzene rings is 1. The van der Waals surface area contributed by atoms with Crippen LogP contribution in [-0.4, -0.2) is 62.3 Å². The molecule has 1 aromatic carbocycles. The SMILES string of the molecule is Cc1ccc(-c2cn3nc(S(=O)CCN4CCOCC4)sc3n2)cc1. The summed E-state index contributed by atoms with van der Waals surface area (Å²) in [6, 6.07) is 8.26. The lowest BCUT2D eigenvalue weighted by Crippen LogP contribution is -2.38. The van der Waals surface area contributed by atoms with Crippen molar-refractivity contribution in [1.82, 2.24) is 19.5 Å². The van der Waals surface area contributed by atoms with Gasteiger partial charge in [0.05, 0.1) is 35.9 Å². The van der Waals surface area contributed by atoms with Crippen LogP contribution in [0.3, 0.4) is 0 Å². The summed E-state index contributed by atoms with van der Waals surface area (Å²) in [5.74, 6) is 0.599. The van der Waals surface area contributed by atoms with Gasteiger partial charge in [-0.1, -0.05) is 41.2 Å². The van der Waals surface area contributed by atoms with Gasteiger partial charge in [0.15, 0.2) is 0 Å². The zero-order chi connectivity index (χ0) is 17.2. The van der Waals surface area contributed by atoms with E-state index in [0.717, 1.165) is 49.1 Å². The van der Waals surface area contributed by atoms with Crippen molar-refractivity contribution in [3.8, 4) is 11.3 Å². The molecule has 0 bridgehead atoms. The van der Waals surface area contributed by atoms with E-state index in [1.54, 1.807) is 4.52 Å².